The fraction of sp³-hybridized carbons (Fsp3) is 0.571. The van der Waals surface area contributed by atoms with Crippen molar-refractivity contribution < 1.29 is 23.4 Å². The lowest BCUT2D eigenvalue weighted by atomic mass is 9.83. The van der Waals surface area contributed by atoms with Crippen LogP contribution in [0.1, 0.15) is 31.2 Å². The molecule has 3 rings (SSSR count). The molecular formula is C14H16F2O3. The Labute approximate surface area is 110 Å². The van der Waals surface area contributed by atoms with Gasteiger partial charge in [-0.25, -0.2) is 0 Å². The first kappa shape index (κ1) is 12.8. The molecule has 2 unspecified atom stereocenters. The van der Waals surface area contributed by atoms with Crippen LogP contribution in [-0.2, 0) is 10.3 Å². The van der Waals surface area contributed by atoms with E-state index in [1.165, 1.54) is 12.1 Å². The van der Waals surface area contributed by atoms with Crippen molar-refractivity contribution in [3.8, 4) is 5.75 Å². The SMILES string of the molecule is OC1(c2ccc(OC(F)F)cc2)CC2CCC(C1)O2. The Bertz CT molecular complexity index is 435. The highest BCUT2D eigenvalue weighted by atomic mass is 19.3. The highest BCUT2D eigenvalue weighted by Crippen LogP contribution is 2.44. The molecule has 2 fully saturated rings. The van der Waals surface area contributed by atoms with Gasteiger partial charge in [0.1, 0.15) is 5.75 Å². The van der Waals surface area contributed by atoms with Crippen LogP contribution in [0.3, 0.4) is 0 Å². The number of benzene rings is 1. The van der Waals surface area contributed by atoms with E-state index in [4.69, 9.17) is 4.74 Å². The Morgan fingerprint density at radius 1 is 1.16 bits per heavy atom. The standard InChI is InChI=1S/C14H16F2O3/c15-13(16)19-10-3-1-9(2-4-10)14(17)7-11-5-6-12(8-14)18-11/h1-4,11-13,17H,5-8H2. The number of halogens is 2. The topological polar surface area (TPSA) is 38.7 Å². The molecule has 2 bridgehead atoms. The molecule has 0 amide bonds. The molecule has 3 nitrogen and oxygen atoms in total. The molecule has 1 aromatic carbocycles. The number of fused-ring (bicyclic) bond motifs is 2. The summed E-state index contributed by atoms with van der Waals surface area (Å²) in [7, 11) is 0. The molecule has 5 heteroatoms. The number of hydrogen-bond acceptors (Lipinski definition) is 3. The summed E-state index contributed by atoms with van der Waals surface area (Å²) >= 11 is 0. The predicted molar refractivity (Wildman–Crippen MR) is 64.1 cm³/mol. The van der Waals surface area contributed by atoms with Gasteiger partial charge in [-0.3, -0.25) is 0 Å². The van der Waals surface area contributed by atoms with Crippen LogP contribution in [0.25, 0.3) is 0 Å². The van der Waals surface area contributed by atoms with Crippen molar-refractivity contribution in [1.29, 1.82) is 0 Å². The van der Waals surface area contributed by atoms with Gasteiger partial charge in [0.05, 0.1) is 17.8 Å². The lowest BCUT2D eigenvalue weighted by Crippen LogP contribution is -2.38. The summed E-state index contributed by atoms with van der Waals surface area (Å²) in [6, 6.07) is 6.25. The van der Waals surface area contributed by atoms with E-state index in [1.54, 1.807) is 12.1 Å². The van der Waals surface area contributed by atoms with Crippen molar-refractivity contribution in [2.75, 3.05) is 0 Å². The Balaban J connectivity index is 1.78. The third-order valence-corrected chi connectivity index (χ3v) is 3.94. The van der Waals surface area contributed by atoms with Gasteiger partial charge >= 0.3 is 6.61 Å². The highest BCUT2D eigenvalue weighted by Gasteiger charge is 2.44. The van der Waals surface area contributed by atoms with Gasteiger partial charge < -0.3 is 14.6 Å². The van der Waals surface area contributed by atoms with Crippen molar-refractivity contribution in [3.63, 3.8) is 0 Å². The van der Waals surface area contributed by atoms with Crippen LogP contribution in [0.15, 0.2) is 24.3 Å². The maximum Gasteiger partial charge on any atom is 0.387 e. The molecule has 0 aliphatic carbocycles. The van der Waals surface area contributed by atoms with Crippen molar-refractivity contribution >= 4 is 0 Å². The van der Waals surface area contributed by atoms with Gasteiger partial charge in [0.2, 0.25) is 0 Å². The average Bonchev–Trinajstić information content (AvgIpc) is 2.69. The van der Waals surface area contributed by atoms with Crippen LogP contribution in [0.2, 0.25) is 0 Å². The molecule has 0 saturated carbocycles. The van der Waals surface area contributed by atoms with Crippen LogP contribution < -0.4 is 4.74 Å². The molecule has 0 spiro atoms. The van der Waals surface area contributed by atoms with E-state index >= 15 is 0 Å². The first-order valence-electron chi connectivity index (χ1n) is 6.48. The van der Waals surface area contributed by atoms with Crippen LogP contribution >= 0.6 is 0 Å². The minimum absolute atomic E-state index is 0.109. The van der Waals surface area contributed by atoms with Crippen LogP contribution in [0, 0.1) is 0 Å². The average molecular weight is 270 g/mol. The van der Waals surface area contributed by atoms with E-state index in [0.717, 1.165) is 18.4 Å². The second-order valence-corrected chi connectivity index (χ2v) is 5.30. The Hall–Kier alpha value is -1.20. The van der Waals surface area contributed by atoms with Gasteiger partial charge in [-0.1, -0.05) is 12.1 Å². The van der Waals surface area contributed by atoms with Gasteiger partial charge in [-0.2, -0.15) is 8.78 Å². The van der Waals surface area contributed by atoms with Crippen molar-refractivity contribution in [2.24, 2.45) is 0 Å². The molecule has 19 heavy (non-hydrogen) atoms. The number of ether oxygens (including phenoxy) is 2. The fourth-order valence-corrected chi connectivity index (χ4v) is 3.10. The minimum atomic E-state index is -2.83. The maximum atomic E-state index is 12.1. The van der Waals surface area contributed by atoms with Gasteiger partial charge in [0.25, 0.3) is 0 Å². The van der Waals surface area contributed by atoms with Gasteiger partial charge in [-0.15, -0.1) is 0 Å². The van der Waals surface area contributed by atoms with E-state index in [9.17, 15) is 13.9 Å². The zero-order chi connectivity index (χ0) is 13.5. The van der Waals surface area contributed by atoms with E-state index < -0.39 is 12.2 Å². The van der Waals surface area contributed by atoms with Crippen LogP contribution in [0.4, 0.5) is 8.78 Å². The Morgan fingerprint density at radius 3 is 2.26 bits per heavy atom. The van der Waals surface area contributed by atoms with Crippen LogP contribution in [-0.4, -0.2) is 23.9 Å². The molecule has 2 aliphatic rings. The summed E-state index contributed by atoms with van der Waals surface area (Å²) in [5.74, 6) is 0.109. The molecular weight excluding hydrogens is 254 g/mol. The summed E-state index contributed by atoms with van der Waals surface area (Å²) in [5, 5.41) is 10.7. The summed E-state index contributed by atoms with van der Waals surface area (Å²) < 4.78 is 34.2. The lowest BCUT2D eigenvalue weighted by molar-refractivity contribution is -0.115. The largest absolute Gasteiger partial charge is 0.435 e. The zero-order valence-electron chi connectivity index (χ0n) is 10.4. The van der Waals surface area contributed by atoms with Crippen molar-refractivity contribution in [3.05, 3.63) is 29.8 Å². The molecule has 2 saturated heterocycles. The van der Waals surface area contributed by atoms with Crippen molar-refractivity contribution in [2.45, 2.75) is 50.1 Å². The zero-order valence-corrected chi connectivity index (χ0v) is 10.4. The first-order chi connectivity index (χ1) is 9.05. The van der Waals surface area contributed by atoms with Gasteiger partial charge in [0, 0.05) is 12.8 Å². The highest BCUT2D eigenvalue weighted by molar-refractivity contribution is 5.31. The van der Waals surface area contributed by atoms with E-state index in [1.807, 2.05) is 0 Å². The monoisotopic (exact) mass is 270 g/mol. The third-order valence-electron chi connectivity index (χ3n) is 3.94. The quantitative estimate of drug-likeness (QED) is 0.918. The van der Waals surface area contributed by atoms with E-state index in [0.29, 0.717) is 12.8 Å². The Morgan fingerprint density at radius 2 is 1.74 bits per heavy atom. The Kier molecular flexibility index (Phi) is 3.19. The lowest BCUT2D eigenvalue weighted by Gasteiger charge is -2.36. The minimum Gasteiger partial charge on any atom is -0.435 e. The molecule has 2 aliphatic heterocycles. The molecule has 0 aromatic heterocycles. The van der Waals surface area contributed by atoms with E-state index in [-0.39, 0.29) is 18.0 Å². The second-order valence-electron chi connectivity index (χ2n) is 5.30. The number of rotatable bonds is 3. The molecule has 2 heterocycles. The summed E-state index contributed by atoms with van der Waals surface area (Å²) in [6.45, 7) is -2.83. The number of hydrogen-bond donors (Lipinski definition) is 1. The second kappa shape index (κ2) is 4.72. The van der Waals surface area contributed by atoms with Gasteiger partial charge in [0.15, 0.2) is 0 Å². The molecule has 2 atom stereocenters. The summed E-state index contributed by atoms with van der Waals surface area (Å²) in [6.07, 6.45) is 3.33. The van der Waals surface area contributed by atoms with Crippen molar-refractivity contribution in [1.82, 2.24) is 0 Å². The molecule has 1 N–H and O–H groups in total. The molecule has 1 aromatic rings. The summed E-state index contributed by atoms with van der Waals surface area (Å²) in [5.41, 5.74) is -0.165. The third kappa shape index (κ3) is 2.58. The smallest absolute Gasteiger partial charge is 0.387 e. The predicted octanol–water partition coefficient (Wildman–Crippen LogP) is 2.82. The van der Waals surface area contributed by atoms with Crippen LogP contribution in [0.5, 0.6) is 5.75 Å². The number of aliphatic hydroxyl groups is 1. The van der Waals surface area contributed by atoms with E-state index in [2.05, 4.69) is 4.74 Å². The normalized spacial score (nSPS) is 33.7. The maximum absolute atomic E-state index is 12.1. The summed E-state index contributed by atoms with van der Waals surface area (Å²) in [4.78, 5) is 0. The van der Waals surface area contributed by atoms with Gasteiger partial charge in [-0.05, 0) is 30.5 Å². The molecule has 0 radical (unpaired) electrons. The number of alkyl halides is 2. The fourth-order valence-electron chi connectivity index (χ4n) is 3.10. The molecule has 104 valence electrons. The first-order valence-corrected chi connectivity index (χ1v) is 6.48.